The maximum Gasteiger partial charge on any atom is 0.287 e. The van der Waals surface area contributed by atoms with E-state index in [-0.39, 0.29) is 11.8 Å². The molecule has 0 radical (unpaired) electrons. The minimum atomic E-state index is -0.207. The zero-order valence-electron chi connectivity index (χ0n) is 16.9. The molecular weight excluding hydrogens is 346 g/mol. The van der Waals surface area contributed by atoms with Crippen molar-refractivity contribution in [2.24, 2.45) is 4.99 Å². The molecule has 0 aliphatic heterocycles. The van der Waals surface area contributed by atoms with Gasteiger partial charge in [0, 0.05) is 51.3 Å². The van der Waals surface area contributed by atoms with Crippen LogP contribution in [-0.4, -0.2) is 61.9 Å². The smallest absolute Gasteiger partial charge is 0.287 e. The van der Waals surface area contributed by atoms with Gasteiger partial charge in [-0.1, -0.05) is 0 Å². The molecule has 27 heavy (non-hydrogen) atoms. The predicted octanol–water partition coefficient (Wildman–Crippen LogP) is 1.52. The van der Waals surface area contributed by atoms with Crippen LogP contribution in [0, 0.1) is 6.92 Å². The minimum absolute atomic E-state index is 0.138. The van der Waals surface area contributed by atoms with Gasteiger partial charge in [0.15, 0.2) is 11.7 Å². The second-order valence-corrected chi connectivity index (χ2v) is 6.05. The lowest BCUT2D eigenvalue weighted by Crippen LogP contribution is -2.40. The number of amides is 2. The van der Waals surface area contributed by atoms with Crippen LogP contribution in [0.2, 0.25) is 0 Å². The van der Waals surface area contributed by atoms with Crippen molar-refractivity contribution in [2.45, 2.75) is 40.5 Å². The topological polar surface area (TPSA) is 99.0 Å². The van der Waals surface area contributed by atoms with E-state index in [0.717, 1.165) is 25.2 Å². The zero-order chi connectivity index (χ0) is 20.1. The van der Waals surface area contributed by atoms with Gasteiger partial charge in [-0.05, 0) is 40.2 Å². The van der Waals surface area contributed by atoms with Crippen LogP contribution in [0.3, 0.4) is 0 Å². The van der Waals surface area contributed by atoms with Crippen LogP contribution in [0.4, 0.5) is 0 Å². The van der Waals surface area contributed by atoms with Crippen LogP contribution >= 0.6 is 0 Å². The highest BCUT2D eigenvalue weighted by atomic mass is 16.3. The number of nitrogens with zero attached hydrogens (tertiary/aromatic N) is 2. The third-order valence-corrected chi connectivity index (χ3v) is 4.05. The summed E-state index contributed by atoms with van der Waals surface area (Å²) in [6.45, 7) is 11.6. The van der Waals surface area contributed by atoms with Gasteiger partial charge in [0.05, 0.1) is 6.26 Å². The molecule has 0 fully saturated rings. The van der Waals surface area contributed by atoms with Gasteiger partial charge in [0.2, 0.25) is 5.91 Å². The van der Waals surface area contributed by atoms with E-state index >= 15 is 0 Å². The van der Waals surface area contributed by atoms with E-state index in [0.29, 0.717) is 44.2 Å². The van der Waals surface area contributed by atoms with Gasteiger partial charge in [0.1, 0.15) is 0 Å². The molecule has 0 aliphatic rings. The lowest BCUT2D eigenvalue weighted by molar-refractivity contribution is -0.130. The Kier molecular flexibility index (Phi) is 10.7. The van der Waals surface area contributed by atoms with Crippen LogP contribution in [-0.2, 0) is 4.79 Å². The summed E-state index contributed by atoms with van der Waals surface area (Å²) in [5.74, 6) is 0.963. The van der Waals surface area contributed by atoms with Crippen LogP contribution in [0.25, 0.3) is 0 Å². The SMILES string of the molecule is CCNC(=NCCCNC(=O)c1occc1C)NCCC(=O)N(CC)CC. The van der Waals surface area contributed by atoms with Crippen molar-refractivity contribution in [2.75, 3.05) is 39.3 Å². The minimum Gasteiger partial charge on any atom is -0.459 e. The van der Waals surface area contributed by atoms with Crippen molar-refractivity contribution < 1.29 is 14.0 Å². The van der Waals surface area contributed by atoms with Crippen LogP contribution in [0.5, 0.6) is 0 Å². The number of aryl methyl sites for hydroxylation is 1. The Morgan fingerprint density at radius 2 is 1.85 bits per heavy atom. The summed E-state index contributed by atoms with van der Waals surface area (Å²) in [6, 6.07) is 1.76. The summed E-state index contributed by atoms with van der Waals surface area (Å²) in [4.78, 5) is 30.2. The van der Waals surface area contributed by atoms with Crippen molar-refractivity contribution >= 4 is 17.8 Å². The highest BCUT2D eigenvalue weighted by Crippen LogP contribution is 2.07. The summed E-state index contributed by atoms with van der Waals surface area (Å²) < 4.78 is 5.16. The normalized spacial score (nSPS) is 11.2. The third kappa shape index (κ3) is 8.15. The maximum absolute atomic E-state index is 12.0. The Morgan fingerprint density at radius 1 is 1.11 bits per heavy atom. The highest BCUT2D eigenvalue weighted by Gasteiger charge is 2.11. The Bertz CT molecular complexity index is 608. The molecule has 152 valence electrons. The molecule has 1 heterocycles. The van der Waals surface area contributed by atoms with E-state index in [1.807, 2.05) is 32.6 Å². The molecule has 0 unspecified atom stereocenters. The molecule has 0 saturated carbocycles. The van der Waals surface area contributed by atoms with Gasteiger partial charge in [0.25, 0.3) is 5.91 Å². The fourth-order valence-corrected chi connectivity index (χ4v) is 2.52. The molecule has 8 nitrogen and oxygen atoms in total. The number of carbonyl (C=O) groups is 2. The molecule has 2 amide bonds. The number of furan rings is 1. The lowest BCUT2D eigenvalue weighted by Gasteiger charge is -2.19. The molecule has 8 heteroatoms. The summed E-state index contributed by atoms with van der Waals surface area (Å²) in [7, 11) is 0. The van der Waals surface area contributed by atoms with Crippen molar-refractivity contribution in [3.05, 3.63) is 23.7 Å². The van der Waals surface area contributed by atoms with Crippen molar-refractivity contribution in [1.82, 2.24) is 20.9 Å². The number of aliphatic imine (C=N–C) groups is 1. The molecular formula is C19H33N5O3. The summed E-state index contributed by atoms with van der Waals surface area (Å²) in [5.41, 5.74) is 0.823. The van der Waals surface area contributed by atoms with Gasteiger partial charge in [-0.2, -0.15) is 0 Å². The van der Waals surface area contributed by atoms with E-state index in [2.05, 4.69) is 20.9 Å². The van der Waals surface area contributed by atoms with Crippen LogP contribution < -0.4 is 16.0 Å². The molecule has 0 spiro atoms. The molecule has 0 saturated heterocycles. The second kappa shape index (κ2) is 12.8. The molecule has 3 N–H and O–H groups in total. The van der Waals surface area contributed by atoms with Crippen LogP contribution in [0.15, 0.2) is 21.7 Å². The average molecular weight is 380 g/mol. The summed E-state index contributed by atoms with van der Waals surface area (Å²) in [6.07, 6.45) is 2.65. The lowest BCUT2D eigenvalue weighted by atomic mass is 10.2. The second-order valence-electron chi connectivity index (χ2n) is 6.05. The van der Waals surface area contributed by atoms with Crippen LogP contribution in [0.1, 0.15) is 49.7 Å². The number of hydrogen-bond acceptors (Lipinski definition) is 4. The maximum atomic E-state index is 12.0. The van der Waals surface area contributed by atoms with Crippen molar-refractivity contribution in [3.63, 3.8) is 0 Å². The molecule has 0 aliphatic carbocycles. The molecule has 0 atom stereocenters. The Labute approximate surface area is 161 Å². The number of hydrogen-bond donors (Lipinski definition) is 3. The van der Waals surface area contributed by atoms with Crippen molar-refractivity contribution in [3.8, 4) is 0 Å². The highest BCUT2D eigenvalue weighted by molar-refractivity contribution is 5.92. The van der Waals surface area contributed by atoms with E-state index in [1.54, 1.807) is 6.07 Å². The first-order valence-electron chi connectivity index (χ1n) is 9.65. The standard InChI is InChI=1S/C19H33N5O3/c1-5-20-19(23-13-9-16(25)24(6-2)7-3)22-12-8-11-21-18(26)17-15(4)10-14-27-17/h10,14H,5-9,11-13H2,1-4H3,(H,21,26)(H2,20,22,23). The number of guanidine groups is 1. The summed E-state index contributed by atoms with van der Waals surface area (Å²) >= 11 is 0. The van der Waals surface area contributed by atoms with Gasteiger partial charge in [-0.3, -0.25) is 14.6 Å². The van der Waals surface area contributed by atoms with Gasteiger partial charge in [-0.25, -0.2) is 0 Å². The molecule has 1 aromatic rings. The number of rotatable bonds is 11. The Balaban J connectivity index is 2.31. The van der Waals surface area contributed by atoms with E-state index in [1.165, 1.54) is 6.26 Å². The monoisotopic (exact) mass is 379 g/mol. The average Bonchev–Trinajstić information content (AvgIpc) is 3.08. The molecule has 1 rings (SSSR count). The quantitative estimate of drug-likeness (QED) is 0.308. The van der Waals surface area contributed by atoms with E-state index in [4.69, 9.17) is 4.42 Å². The van der Waals surface area contributed by atoms with Gasteiger partial charge >= 0.3 is 0 Å². The van der Waals surface area contributed by atoms with Gasteiger partial charge < -0.3 is 25.3 Å². The predicted molar refractivity (Wildman–Crippen MR) is 107 cm³/mol. The fraction of sp³-hybridized carbons (Fsp3) is 0.632. The first-order chi connectivity index (χ1) is 13.0. The van der Waals surface area contributed by atoms with E-state index < -0.39 is 0 Å². The van der Waals surface area contributed by atoms with E-state index in [9.17, 15) is 9.59 Å². The first kappa shape index (κ1) is 22.5. The van der Waals surface area contributed by atoms with Crippen molar-refractivity contribution in [1.29, 1.82) is 0 Å². The molecule has 1 aromatic heterocycles. The number of nitrogens with one attached hydrogen (secondary N) is 3. The first-order valence-corrected chi connectivity index (χ1v) is 9.65. The fourth-order valence-electron chi connectivity index (χ4n) is 2.52. The largest absolute Gasteiger partial charge is 0.459 e. The van der Waals surface area contributed by atoms with Gasteiger partial charge in [-0.15, -0.1) is 0 Å². The summed E-state index contributed by atoms with van der Waals surface area (Å²) in [5, 5.41) is 9.15. The third-order valence-electron chi connectivity index (χ3n) is 4.05. The Hall–Kier alpha value is -2.51. The molecule has 0 aromatic carbocycles. The Morgan fingerprint density at radius 3 is 2.44 bits per heavy atom. The molecule has 0 bridgehead atoms. The number of carbonyl (C=O) groups excluding carboxylic acids is 2. The zero-order valence-corrected chi connectivity index (χ0v) is 16.9.